The first-order valence-electron chi connectivity index (χ1n) is 6.08. The predicted molar refractivity (Wildman–Crippen MR) is 64.0 cm³/mol. The molecule has 1 aliphatic carbocycles. The highest BCUT2D eigenvalue weighted by atomic mass is 16.5. The van der Waals surface area contributed by atoms with E-state index < -0.39 is 0 Å². The van der Waals surface area contributed by atoms with Crippen molar-refractivity contribution in [3.8, 4) is 0 Å². The Balaban J connectivity index is 2.19. The summed E-state index contributed by atoms with van der Waals surface area (Å²) in [5, 5.41) is 2.69. The van der Waals surface area contributed by atoms with E-state index in [1.165, 1.54) is 19.3 Å². The Hall–Kier alpha value is -0.870. The van der Waals surface area contributed by atoms with Crippen LogP contribution < -0.4 is 11.1 Å². The van der Waals surface area contributed by atoms with Crippen LogP contribution in [0, 0.1) is 0 Å². The van der Waals surface area contributed by atoms with Crippen LogP contribution >= 0.6 is 0 Å². The zero-order valence-electron chi connectivity index (χ0n) is 9.78. The largest absolute Gasteiger partial charge is 0.364 e. The standard InChI is InChI=1S/C12H22N2O2/c13-8-9-14-12(15)10-16-11-6-4-2-1-3-5-7-11/h4,6,11H,1-3,5,7-10,13H2,(H,14,15). The Kier molecular flexibility index (Phi) is 6.85. The summed E-state index contributed by atoms with van der Waals surface area (Å²) >= 11 is 0. The van der Waals surface area contributed by atoms with Crippen LogP contribution in [0.2, 0.25) is 0 Å². The van der Waals surface area contributed by atoms with Gasteiger partial charge in [0.2, 0.25) is 5.91 Å². The molecule has 3 N–H and O–H groups in total. The smallest absolute Gasteiger partial charge is 0.246 e. The van der Waals surface area contributed by atoms with Gasteiger partial charge in [-0.15, -0.1) is 0 Å². The number of carbonyl (C=O) groups excluding carboxylic acids is 1. The highest BCUT2D eigenvalue weighted by molar-refractivity contribution is 5.77. The van der Waals surface area contributed by atoms with Crippen LogP contribution in [0.5, 0.6) is 0 Å². The number of allylic oxidation sites excluding steroid dienone is 1. The number of nitrogens with two attached hydrogens (primary N) is 1. The fourth-order valence-electron chi connectivity index (χ4n) is 1.71. The van der Waals surface area contributed by atoms with E-state index in [0.29, 0.717) is 13.1 Å². The van der Waals surface area contributed by atoms with E-state index in [1.807, 2.05) is 0 Å². The normalized spacial score (nSPS) is 21.2. The van der Waals surface area contributed by atoms with E-state index >= 15 is 0 Å². The van der Waals surface area contributed by atoms with Gasteiger partial charge in [-0.25, -0.2) is 0 Å². The first kappa shape index (κ1) is 13.2. The molecule has 1 amide bonds. The zero-order valence-corrected chi connectivity index (χ0v) is 9.78. The highest BCUT2D eigenvalue weighted by Gasteiger charge is 2.09. The van der Waals surface area contributed by atoms with Gasteiger partial charge < -0.3 is 15.8 Å². The molecule has 4 nitrogen and oxygen atoms in total. The van der Waals surface area contributed by atoms with Crippen molar-refractivity contribution in [2.75, 3.05) is 19.7 Å². The molecule has 0 heterocycles. The molecule has 0 aromatic carbocycles. The van der Waals surface area contributed by atoms with Crippen LogP contribution in [-0.4, -0.2) is 31.7 Å². The van der Waals surface area contributed by atoms with Crippen molar-refractivity contribution in [3.05, 3.63) is 12.2 Å². The number of ether oxygens (including phenoxy) is 1. The molecule has 4 heteroatoms. The van der Waals surface area contributed by atoms with Gasteiger partial charge in [0.25, 0.3) is 0 Å². The van der Waals surface area contributed by atoms with Crippen molar-refractivity contribution in [1.29, 1.82) is 0 Å². The molecule has 1 atom stereocenters. The maximum absolute atomic E-state index is 11.3. The molecule has 1 unspecified atom stereocenters. The van der Waals surface area contributed by atoms with Crippen LogP contribution in [0.4, 0.5) is 0 Å². The third-order valence-corrected chi connectivity index (χ3v) is 2.61. The van der Waals surface area contributed by atoms with E-state index in [9.17, 15) is 4.79 Å². The second-order valence-electron chi connectivity index (χ2n) is 4.05. The fourth-order valence-corrected chi connectivity index (χ4v) is 1.71. The SMILES string of the molecule is NCCNC(=O)COC1C=CCCCCC1. The molecule has 16 heavy (non-hydrogen) atoms. The highest BCUT2D eigenvalue weighted by Crippen LogP contribution is 2.13. The van der Waals surface area contributed by atoms with Gasteiger partial charge in [0.1, 0.15) is 6.61 Å². The summed E-state index contributed by atoms with van der Waals surface area (Å²) in [4.78, 5) is 11.3. The number of rotatable bonds is 5. The van der Waals surface area contributed by atoms with Gasteiger partial charge in [-0.2, -0.15) is 0 Å². The van der Waals surface area contributed by atoms with Gasteiger partial charge >= 0.3 is 0 Å². The van der Waals surface area contributed by atoms with Gasteiger partial charge in [0.15, 0.2) is 0 Å². The number of hydrogen-bond donors (Lipinski definition) is 2. The lowest BCUT2D eigenvalue weighted by atomic mass is 10.0. The van der Waals surface area contributed by atoms with Crippen molar-refractivity contribution in [2.24, 2.45) is 5.73 Å². The molecule has 0 radical (unpaired) electrons. The Morgan fingerprint density at radius 3 is 3.12 bits per heavy atom. The number of amides is 1. The molecular weight excluding hydrogens is 204 g/mol. The monoisotopic (exact) mass is 226 g/mol. The minimum absolute atomic E-state index is 0.0825. The maximum Gasteiger partial charge on any atom is 0.246 e. The number of carbonyl (C=O) groups is 1. The third-order valence-electron chi connectivity index (χ3n) is 2.61. The Morgan fingerprint density at radius 1 is 1.44 bits per heavy atom. The molecule has 1 aliphatic rings. The van der Waals surface area contributed by atoms with Crippen molar-refractivity contribution in [3.63, 3.8) is 0 Å². The van der Waals surface area contributed by atoms with Gasteiger partial charge in [-0.05, 0) is 19.3 Å². The van der Waals surface area contributed by atoms with Gasteiger partial charge in [-0.1, -0.05) is 25.0 Å². The number of hydrogen-bond acceptors (Lipinski definition) is 3. The minimum atomic E-state index is -0.0825. The van der Waals surface area contributed by atoms with Gasteiger partial charge in [-0.3, -0.25) is 4.79 Å². The summed E-state index contributed by atoms with van der Waals surface area (Å²) in [7, 11) is 0. The molecule has 0 bridgehead atoms. The second-order valence-corrected chi connectivity index (χ2v) is 4.05. The van der Waals surface area contributed by atoms with Crippen LogP contribution in [0.15, 0.2) is 12.2 Å². The van der Waals surface area contributed by atoms with Gasteiger partial charge in [0.05, 0.1) is 6.10 Å². The first-order valence-corrected chi connectivity index (χ1v) is 6.08. The molecule has 1 rings (SSSR count). The van der Waals surface area contributed by atoms with E-state index in [2.05, 4.69) is 17.5 Å². The zero-order chi connectivity index (χ0) is 11.6. The van der Waals surface area contributed by atoms with Crippen molar-refractivity contribution in [2.45, 2.75) is 38.2 Å². The summed E-state index contributed by atoms with van der Waals surface area (Å²) in [6.07, 6.45) is 10.2. The third kappa shape index (κ3) is 5.88. The number of nitrogens with one attached hydrogen (secondary N) is 1. The summed E-state index contributed by atoms with van der Waals surface area (Å²) in [5.41, 5.74) is 5.29. The topological polar surface area (TPSA) is 64.3 Å². The lowest BCUT2D eigenvalue weighted by molar-refractivity contribution is -0.126. The summed E-state index contributed by atoms with van der Waals surface area (Å²) < 4.78 is 5.54. The molecule has 0 aromatic heterocycles. The molecule has 0 saturated heterocycles. The molecule has 0 fully saturated rings. The lowest BCUT2D eigenvalue weighted by Gasteiger charge is -2.15. The molecule has 0 aliphatic heterocycles. The van der Waals surface area contributed by atoms with Gasteiger partial charge in [0, 0.05) is 13.1 Å². The average molecular weight is 226 g/mol. The quantitative estimate of drug-likeness (QED) is 0.686. The fraction of sp³-hybridized carbons (Fsp3) is 0.750. The molecule has 0 spiro atoms. The Bertz CT molecular complexity index is 229. The lowest BCUT2D eigenvalue weighted by Crippen LogP contribution is -2.33. The van der Waals surface area contributed by atoms with Crippen LogP contribution in [-0.2, 0) is 9.53 Å². The molecule has 0 saturated carbocycles. The molecule has 92 valence electrons. The van der Waals surface area contributed by atoms with E-state index in [-0.39, 0.29) is 18.6 Å². The van der Waals surface area contributed by atoms with Crippen LogP contribution in [0.25, 0.3) is 0 Å². The van der Waals surface area contributed by atoms with Crippen molar-refractivity contribution in [1.82, 2.24) is 5.32 Å². The van der Waals surface area contributed by atoms with E-state index in [0.717, 1.165) is 12.8 Å². The van der Waals surface area contributed by atoms with Crippen molar-refractivity contribution >= 4 is 5.91 Å². The summed E-state index contributed by atoms with van der Waals surface area (Å²) in [6, 6.07) is 0. The Labute approximate surface area is 97.2 Å². The first-order chi connectivity index (χ1) is 7.83. The summed E-state index contributed by atoms with van der Waals surface area (Å²) in [6.45, 7) is 1.12. The van der Waals surface area contributed by atoms with E-state index in [4.69, 9.17) is 10.5 Å². The second kappa shape index (κ2) is 8.30. The van der Waals surface area contributed by atoms with Crippen LogP contribution in [0.3, 0.4) is 0 Å². The average Bonchev–Trinajstić information content (AvgIpc) is 2.25. The molecular formula is C12H22N2O2. The summed E-state index contributed by atoms with van der Waals surface area (Å²) in [5.74, 6) is -0.0825. The minimum Gasteiger partial charge on any atom is -0.364 e. The predicted octanol–water partition coefficient (Wildman–Crippen LogP) is 0.967. The van der Waals surface area contributed by atoms with E-state index in [1.54, 1.807) is 0 Å². The maximum atomic E-state index is 11.3. The van der Waals surface area contributed by atoms with Crippen LogP contribution in [0.1, 0.15) is 32.1 Å². The Morgan fingerprint density at radius 2 is 2.31 bits per heavy atom. The molecule has 0 aromatic rings. The van der Waals surface area contributed by atoms with Crippen molar-refractivity contribution < 1.29 is 9.53 Å².